The molecule has 1 amide bonds. The van der Waals surface area contributed by atoms with Crippen LogP contribution >= 0.6 is 0 Å². The molecular formula is C11H15N5O4. The number of ether oxygens (including phenoxy) is 1. The number of carbonyl (C=O) groups excluding carboxylic acids is 1. The third-order valence-corrected chi connectivity index (χ3v) is 2.40. The maximum Gasteiger partial charge on any atom is 0.325 e. The Morgan fingerprint density at radius 2 is 2.30 bits per heavy atom. The summed E-state index contributed by atoms with van der Waals surface area (Å²) >= 11 is 0. The second kappa shape index (κ2) is 7.85. The van der Waals surface area contributed by atoms with Gasteiger partial charge < -0.3 is 14.7 Å². The highest BCUT2D eigenvalue weighted by Gasteiger charge is 2.19. The molecule has 0 unspecified atom stereocenters. The molecule has 9 heteroatoms. The number of carboxylic acids is 1. The number of methoxy groups -OCH3 is 1. The number of rotatable bonds is 8. The standard InChI is InChI=1S/C11H15N5O4/c1-20-6-5-15(4-2-3-12)11(19)9-7-16(14-13-9)8-10(17)18/h7H,2,4-6,8H2,1H3,(H,17,18). The van der Waals surface area contributed by atoms with Crippen LogP contribution in [-0.2, 0) is 16.1 Å². The van der Waals surface area contributed by atoms with Gasteiger partial charge in [-0.15, -0.1) is 5.10 Å². The van der Waals surface area contributed by atoms with Gasteiger partial charge in [-0.3, -0.25) is 9.59 Å². The Kier molecular flexibility index (Phi) is 6.12. The molecule has 1 N–H and O–H groups in total. The molecule has 0 saturated carbocycles. The van der Waals surface area contributed by atoms with E-state index in [4.69, 9.17) is 15.1 Å². The van der Waals surface area contributed by atoms with E-state index in [1.54, 1.807) is 0 Å². The Balaban J connectivity index is 2.74. The Morgan fingerprint density at radius 3 is 2.90 bits per heavy atom. The van der Waals surface area contributed by atoms with Crippen LogP contribution in [0.2, 0.25) is 0 Å². The van der Waals surface area contributed by atoms with Crippen LogP contribution < -0.4 is 0 Å². The van der Waals surface area contributed by atoms with E-state index in [0.717, 1.165) is 4.68 Å². The van der Waals surface area contributed by atoms with Crippen LogP contribution in [0.3, 0.4) is 0 Å². The fourth-order valence-electron chi connectivity index (χ4n) is 1.48. The maximum atomic E-state index is 12.2. The minimum absolute atomic E-state index is 0.0419. The summed E-state index contributed by atoms with van der Waals surface area (Å²) in [6.07, 6.45) is 1.46. The first-order valence-electron chi connectivity index (χ1n) is 5.85. The molecule has 0 aliphatic heterocycles. The van der Waals surface area contributed by atoms with Gasteiger partial charge in [0, 0.05) is 20.2 Å². The molecule has 1 aromatic rings. The zero-order chi connectivity index (χ0) is 15.0. The van der Waals surface area contributed by atoms with Crippen LogP contribution in [0.15, 0.2) is 6.20 Å². The van der Waals surface area contributed by atoms with Crippen molar-refractivity contribution in [1.29, 1.82) is 5.26 Å². The molecule has 0 aliphatic rings. The van der Waals surface area contributed by atoms with E-state index in [2.05, 4.69) is 10.3 Å². The van der Waals surface area contributed by atoms with Crippen molar-refractivity contribution in [2.24, 2.45) is 0 Å². The number of amides is 1. The third kappa shape index (κ3) is 4.66. The molecule has 9 nitrogen and oxygen atoms in total. The van der Waals surface area contributed by atoms with Gasteiger partial charge in [-0.2, -0.15) is 5.26 Å². The first-order chi connectivity index (χ1) is 9.58. The van der Waals surface area contributed by atoms with Gasteiger partial charge in [0.1, 0.15) is 6.54 Å². The zero-order valence-corrected chi connectivity index (χ0v) is 11.0. The number of hydrogen-bond donors (Lipinski definition) is 1. The number of hydrogen-bond acceptors (Lipinski definition) is 6. The lowest BCUT2D eigenvalue weighted by Gasteiger charge is -2.19. The van der Waals surface area contributed by atoms with E-state index in [1.165, 1.54) is 18.2 Å². The molecule has 1 aromatic heterocycles. The van der Waals surface area contributed by atoms with Gasteiger partial charge in [-0.1, -0.05) is 5.21 Å². The SMILES string of the molecule is COCCN(CCC#N)C(=O)c1cn(CC(=O)O)nn1. The molecule has 0 fully saturated rings. The number of carbonyl (C=O) groups is 2. The van der Waals surface area contributed by atoms with E-state index >= 15 is 0 Å². The summed E-state index contributed by atoms with van der Waals surface area (Å²) < 4.78 is 5.96. The molecule has 108 valence electrons. The van der Waals surface area contributed by atoms with Crippen LogP contribution in [-0.4, -0.2) is 63.7 Å². The van der Waals surface area contributed by atoms with Crippen LogP contribution in [0.1, 0.15) is 16.9 Å². The fraction of sp³-hybridized carbons (Fsp3) is 0.545. The first-order valence-corrected chi connectivity index (χ1v) is 5.85. The topological polar surface area (TPSA) is 121 Å². The zero-order valence-electron chi connectivity index (χ0n) is 11.0. The number of nitriles is 1. The summed E-state index contributed by atoms with van der Waals surface area (Å²) in [7, 11) is 1.51. The summed E-state index contributed by atoms with van der Waals surface area (Å²) in [5.74, 6) is -1.48. The smallest absolute Gasteiger partial charge is 0.325 e. The second-order valence-electron chi connectivity index (χ2n) is 3.89. The van der Waals surface area contributed by atoms with Crippen molar-refractivity contribution in [2.75, 3.05) is 26.8 Å². The lowest BCUT2D eigenvalue weighted by molar-refractivity contribution is -0.137. The van der Waals surface area contributed by atoms with Gasteiger partial charge >= 0.3 is 5.97 Å². The van der Waals surface area contributed by atoms with Gasteiger partial charge in [-0.05, 0) is 0 Å². The summed E-state index contributed by atoms with van der Waals surface area (Å²) in [6, 6.07) is 1.96. The molecule has 1 heterocycles. The lowest BCUT2D eigenvalue weighted by Crippen LogP contribution is -2.35. The van der Waals surface area contributed by atoms with Crippen LogP contribution in [0.4, 0.5) is 0 Å². The van der Waals surface area contributed by atoms with E-state index < -0.39 is 11.9 Å². The van der Waals surface area contributed by atoms with Crippen molar-refractivity contribution in [1.82, 2.24) is 19.9 Å². The van der Waals surface area contributed by atoms with Crippen LogP contribution in [0.5, 0.6) is 0 Å². The second-order valence-corrected chi connectivity index (χ2v) is 3.89. The molecule has 0 aromatic carbocycles. The van der Waals surface area contributed by atoms with Crippen LogP contribution in [0.25, 0.3) is 0 Å². The number of aromatic nitrogens is 3. The molecule has 0 atom stereocenters. The van der Waals surface area contributed by atoms with Gasteiger partial charge in [0.15, 0.2) is 5.69 Å². The molecule has 1 rings (SSSR count). The van der Waals surface area contributed by atoms with Gasteiger partial charge in [-0.25, -0.2) is 4.68 Å². The minimum Gasteiger partial charge on any atom is -0.480 e. The number of aliphatic carboxylic acids is 1. The Hall–Kier alpha value is -2.47. The Labute approximate surface area is 115 Å². The highest BCUT2D eigenvalue weighted by molar-refractivity contribution is 5.92. The Bertz CT molecular complexity index is 507. The highest BCUT2D eigenvalue weighted by Crippen LogP contribution is 2.02. The van der Waals surface area contributed by atoms with E-state index in [9.17, 15) is 9.59 Å². The predicted molar refractivity (Wildman–Crippen MR) is 65.7 cm³/mol. The molecule has 0 bridgehead atoms. The molecule has 0 saturated heterocycles. The summed E-state index contributed by atoms with van der Waals surface area (Å²) in [4.78, 5) is 24.1. The normalized spacial score (nSPS) is 10.0. The molecule has 0 radical (unpaired) electrons. The monoisotopic (exact) mass is 281 g/mol. The van der Waals surface area contributed by atoms with E-state index in [-0.39, 0.29) is 25.2 Å². The average Bonchev–Trinajstić information content (AvgIpc) is 2.86. The van der Waals surface area contributed by atoms with Crippen LogP contribution in [0, 0.1) is 11.3 Å². The lowest BCUT2D eigenvalue weighted by atomic mass is 10.3. The van der Waals surface area contributed by atoms with Crippen molar-refractivity contribution in [2.45, 2.75) is 13.0 Å². The number of nitrogens with zero attached hydrogens (tertiary/aromatic N) is 5. The van der Waals surface area contributed by atoms with Crippen molar-refractivity contribution in [3.8, 4) is 6.07 Å². The van der Waals surface area contributed by atoms with Gasteiger partial charge in [0.25, 0.3) is 5.91 Å². The highest BCUT2D eigenvalue weighted by atomic mass is 16.5. The fourth-order valence-corrected chi connectivity index (χ4v) is 1.48. The molecule has 0 aliphatic carbocycles. The third-order valence-electron chi connectivity index (χ3n) is 2.40. The summed E-state index contributed by atoms with van der Waals surface area (Å²) in [6.45, 7) is 0.546. The average molecular weight is 281 g/mol. The van der Waals surface area contributed by atoms with Crippen molar-refractivity contribution in [3.63, 3.8) is 0 Å². The minimum atomic E-state index is -1.07. The quantitative estimate of drug-likeness (QED) is 0.672. The summed E-state index contributed by atoms with van der Waals surface area (Å²) in [5, 5.41) is 24.4. The van der Waals surface area contributed by atoms with Gasteiger partial charge in [0.2, 0.25) is 0 Å². The summed E-state index contributed by atoms with van der Waals surface area (Å²) in [5.41, 5.74) is 0.0419. The van der Waals surface area contributed by atoms with E-state index in [0.29, 0.717) is 13.2 Å². The predicted octanol–water partition coefficient (Wildman–Crippen LogP) is -0.635. The Morgan fingerprint density at radius 1 is 1.55 bits per heavy atom. The van der Waals surface area contributed by atoms with Gasteiger partial charge in [0.05, 0.1) is 25.3 Å². The van der Waals surface area contributed by atoms with Crippen molar-refractivity contribution < 1.29 is 19.4 Å². The largest absolute Gasteiger partial charge is 0.480 e. The van der Waals surface area contributed by atoms with E-state index in [1.807, 2.05) is 6.07 Å². The van der Waals surface area contributed by atoms with Crippen molar-refractivity contribution >= 4 is 11.9 Å². The molecule has 20 heavy (non-hydrogen) atoms. The molecule has 0 spiro atoms. The number of carboxylic acid groups (broad SMARTS) is 1. The van der Waals surface area contributed by atoms with Crippen molar-refractivity contribution in [3.05, 3.63) is 11.9 Å². The molecular weight excluding hydrogens is 266 g/mol. The maximum absolute atomic E-state index is 12.2. The first kappa shape index (κ1) is 15.6.